The number of hydrogen-bond acceptors (Lipinski definition) is 26. The number of thiol groups is 3. The number of aliphatic carboxylic acids is 4. The van der Waals surface area contributed by atoms with Crippen LogP contribution < -0.4 is 75.7 Å². The Morgan fingerprint density at radius 2 is 0.944 bits per heavy atom. The number of likely N-dealkylation sites (tertiary alicyclic amines) is 1. The van der Waals surface area contributed by atoms with Crippen LogP contribution in [0.25, 0.3) is 10.9 Å². The number of carbonyl (C=O) groups excluding carboxylic acids is 12. The molecule has 2 aromatic carbocycles. The fourth-order valence-electron chi connectivity index (χ4n) is 14.0. The molecule has 4 aromatic rings. The van der Waals surface area contributed by atoms with Crippen LogP contribution in [0.3, 0.4) is 0 Å². The van der Waals surface area contributed by atoms with Crippen molar-refractivity contribution in [2.75, 3.05) is 115 Å². The predicted molar refractivity (Wildman–Crippen MR) is 462 cm³/mol. The summed E-state index contributed by atoms with van der Waals surface area (Å²) in [4.78, 5) is 238. The number of nitrogens with one attached hydrogen (secondary N) is 14. The zero-order chi connectivity index (χ0) is 91.1. The molecule has 2 saturated heterocycles. The molecule has 0 radical (unpaired) electrons. The maximum absolute atomic E-state index is 15.2. The molecule has 0 aliphatic carbocycles. The van der Waals surface area contributed by atoms with Gasteiger partial charge in [-0.3, -0.25) is 102 Å². The monoisotopic (exact) mass is 1790 g/mol. The van der Waals surface area contributed by atoms with Crippen LogP contribution in [0.2, 0.25) is 0 Å². The van der Waals surface area contributed by atoms with Crippen LogP contribution in [-0.4, -0.2) is 342 Å². The summed E-state index contributed by atoms with van der Waals surface area (Å²) in [6, 6.07) is -0.723. The van der Waals surface area contributed by atoms with Crippen molar-refractivity contribution in [1.29, 1.82) is 5.41 Å². The summed E-state index contributed by atoms with van der Waals surface area (Å²) >= 11 is 13.0. The largest absolute Gasteiger partial charge is 0.481 e. The standard InChI is InChI=1S/C78H117N23O20S3/c1-45(2)66(67(80)111)96-76(120)60-18-11-23-101(60)77(121)53(16-8-9-21-79)90-75(119)59(43-124)94-71(115)55(33-47-35-85-50-15-7-6-14-49(47)50)92-68(112)51(17-10-22-84-78(81)82)88-70(114)54(32-46-12-4-3-5-13-46)91-72(116)56(34-48-36-83-44-86-48)93-69(113)52(19-20-62(103)104)89-74(118)58(42-123)95-73(117)57(41-122)87-61(102)37-97-24-26-98(38-63(105)106)28-30-100(40-65(109)110)31-29-99(27-25-97)39-64(107)108/h3-7,12-15,35-36,44-45,51-60,66,85,122-124H,8-11,16-34,37-43,79H2,1-2H3,(H2,80,111)(H,83,86)(H,87,102)(H,88,114)(H,89,118)(H,90,119)(H,91,116)(H,92,112)(H,93,113)(H,94,115)(H,95,117)(H,96,120)(H,103,104)(H,105,106)(H,107,108)(H,109,110)(H4,81,82,84)/t51-,52-,53-,54+,55-,56-,57-,58-,59-,60-,66-/m0/s1. The number of aromatic nitrogens is 3. The van der Waals surface area contributed by atoms with E-state index in [1.54, 1.807) is 94.2 Å². The Kier molecular flexibility index (Phi) is 43.0. The minimum Gasteiger partial charge on any atom is -0.481 e. The van der Waals surface area contributed by atoms with Crippen LogP contribution in [0.4, 0.5) is 0 Å². The van der Waals surface area contributed by atoms with Gasteiger partial charge in [-0.25, -0.2) is 4.98 Å². The molecule has 12 amide bonds. The summed E-state index contributed by atoms with van der Waals surface area (Å²) < 4.78 is 0. The Bertz CT molecular complexity index is 4250. The average molecular weight is 1790 g/mol. The Balaban J connectivity index is 1.23. The number of carboxylic acids is 4. The third-order valence-corrected chi connectivity index (χ3v) is 21.8. The molecule has 0 unspecified atom stereocenters. The van der Waals surface area contributed by atoms with Crippen molar-refractivity contribution in [2.24, 2.45) is 23.1 Å². The second-order valence-electron chi connectivity index (χ2n) is 30.5. The number of rotatable bonds is 50. The normalized spacial score (nSPS) is 16.8. The van der Waals surface area contributed by atoms with Crippen LogP contribution in [-0.2, 0) is 96.0 Å². The lowest BCUT2D eigenvalue weighted by atomic mass is 10.0. The Hall–Kier alpha value is -11.2. The van der Waals surface area contributed by atoms with Gasteiger partial charge in [0.25, 0.3) is 0 Å². The summed E-state index contributed by atoms with van der Waals surface area (Å²) in [5, 5.41) is 76.2. The van der Waals surface area contributed by atoms with E-state index >= 15 is 19.2 Å². The van der Waals surface area contributed by atoms with Crippen LogP contribution in [0.5, 0.6) is 0 Å². The predicted octanol–water partition coefficient (Wildman–Crippen LogP) is -5.58. The van der Waals surface area contributed by atoms with Gasteiger partial charge >= 0.3 is 23.9 Å². The number of para-hydroxylation sites is 1. The fraction of sp³-hybridized carbons (Fsp3) is 0.564. The van der Waals surface area contributed by atoms with Gasteiger partial charge in [0.05, 0.1) is 32.5 Å². The first-order chi connectivity index (χ1) is 59.1. The van der Waals surface area contributed by atoms with Crippen molar-refractivity contribution in [2.45, 2.75) is 157 Å². The van der Waals surface area contributed by atoms with Crippen molar-refractivity contribution in [1.82, 2.24) is 97.9 Å². The topological polar surface area (TPSA) is 649 Å². The molecule has 2 aromatic heterocycles. The molecule has 682 valence electrons. The number of aromatic amines is 2. The molecule has 0 spiro atoms. The highest BCUT2D eigenvalue weighted by atomic mass is 32.1. The molecule has 6 rings (SSSR count). The van der Waals surface area contributed by atoms with Crippen LogP contribution in [0.15, 0.2) is 73.3 Å². The van der Waals surface area contributed by atoms with Crippen molar-refractivity contribution < 1.29 is 97.1 Å². The van der Waals surface area contributed by atoms with Crippen LogP contribution >= 0.6 is 37.9 Å². The van der Waals surface area contributed by atoms with E-state index in [1.165, 1.54) is 17.4 Å². The second-order valence-corrected chi connectivity index (χ2v) is 31.6. The van der Waals surface area contributed by atoms with Gasteiger partial charge in [0.1, 0.15) is 66.5 Å². The molecule has 2 aliphatic heterocycles. The number of fused-ring (bicyclic) bond motifs is 1. The molecule has 43 nitrogen and oxygen atoms in total. The number of carbonyl (C=O) groups is 16. The lowest BCUT2D eigenvalue weighted by Gasteiger charge is -2.33. The number of primary amides is 1. The molecule has 24 N–H and O–H groups in total. The SMILES string of the molecule is CC(C)[C@H](NC(=O)[C@@H]1CCCN1C(=O)[C@H](CCCCN)NC(=O)[C@H](CS)NC(=O)[C@H](Cc1c[nH]c2ccccc12)NC(=O)[C@H](CCCNC(=N)N)NC(=O)[C@@H](Cc1ccccc1)NC(=O)[C@H](Cc1cnc[nH]1)NC(=O)[C@H](CCC(=O)O)NC(=O)[C@H](CS)NC(=O)[C@H](CS)NC(=O)CN1CCN(CC(=O)O)CCN(CC(=O)O)CCN(CC(=O)O)CC1)C(N)=O. The summed E-state index contributed by atoms with van der Waals surface area (Å²) in [6.07, 6.45) is 3.29. The number of amides is 12. The van der Waals surface area contributed by atoms with Crippen molar-refractivity contribution in [3.63, 3.8) is 0 Å². The summed E-state index contributed by atoms with van der Waals surface area (Å²) in [5.41, 5.74) is 19.0. The first-order valence-electron chi connectivity index (χ1n) is 40.7. The van der Waals surface area contributed by atoms with E-state index in [-0.39, 0.29) is 140 Å². The minimum absolute atomic E-state index is 0.0140. The molecule has 0 bridgehead atoms. The lowest BCUT2D eigenvalue weighted by molar-refractivity contribution is -0.142. The number of guanidine groups is 1. The molecule has 11 atom stereocenters. The van der Waals surface area contributed by atoms with Gasteiger partial charge in [-0.1, -0.05) is 62.4 Å². The first kappa shape index (κ1) is 102. The highest BCUT2D eigenvalue weighted by molar-refractivity contribution is 7.80. The summed E-state index contributed by atoms with van der Waals surface area (Å²) in [5.74, 6) is -17.6. The van der Waals surface area contributed by atoms with E-state index in [4.69, 9.17) is 22.6 Å². The number of carboxylic acid groups (broad SMARTS) is 4. The van der Waals surface area contributed by atoms with E-state index in [1.807, 2.05) is 0 Å². The highest BCUT2D eigenvalue weighted by Gasteiger charge is 2.42. The molecule has 2 aliphatic rings. The zero-order valence-corrected chi connectivity index (χ0v) is 71.8. The number of benzene rings is 2. The van der Waals surface area contributed by atoms with E-state index in [9.17, 15) is 78.0 Å². The number of nitrogens with two attached hydrogens (primary N) is 3. The van der Waals surface area contributed by atoms with Gasteiger partial charge < -0.3 is 111 Å². The van der Waals surface area contributed by atoms with Gasteiger partial charge in [-0.2, -0.15) is 37.9 Å². The van der Waals surface area contributed by atoms with Gasteiger partial charge in [0.2, 0.25) is 70.9 Å². The third kappa shape index (κ3) is 34.5. The Morgan fingerprint density at radius 1 is 0.500 bits per heavy atom. The number of unbranched alkanes of at least 4 members (excludes halogenated alkanes) is 1. The van der Waals surface area contributed by atoms with Gasteiger partial charge in [0.15, 0.2) is 5.96 Å². The smallest absolute Gasteiger partial charge is 0.317 e. The van der Waals surface area contributed by atoms with Gasteiger partial charge in [-0.05, 0) is 81.0 Å². The van der Waals surface area contributed by atoms with E-state index in [2.05, 4.69) is 111 Å². The van der Waals surface area contributed by atoms with Gasteiger partial charge in [0, 0.05) is 137 Å². The molecular weight excluding hydrogens is 1680 g/mol. The fourth-order valence-corrected chi connectivity index (χ4v) is 14.8. The first-order valence-corrected chi connectivity index (χ1v) is 42.6. The maximum Gasteiger partial charge on any atom is 0.317 e. The van der Waals surface area contributed by atoms with E-state index < -0.39 is 212 Å². The molecular formula is C78H117N23O20S3. The summed E-state index contributed by atoms with van der Waals surface area (Å²) in [6.45, 7) is 2.82. The molecule has 4 heterocycles. The highest BCUT2D eigenvalue weighted by Crippen LogP contribution is 2.23. The molecule has 0 saturated carbocycles. The number of hydrogen-bond donors (Lipinski definition) is 24. The van der Waals surface area contributed by atoms with Gasteiger partial charge in [-0.15, -0.1) is 0 Å². The van der Waals surface area contributed by atoms with Crippen LogP contribution in [0, 0.1) is 11.3 Å². The van der Waals surface area contributed by atoms with Crippen molar-refractivity contribution in [3.8, 4) is 0 Å². The Morgan fingerprint density at radius 3 is 1.42 bits per heavy atom. The quantitative estimate of drug-likeness (QED) is 0.00848. The zero-order valence-electron chi connectivity index (χ0n) is 69.1. The van der Waals surface area contributed by atoms with Crippen molar-refractivity contribution in [3.05, 3.63) is 90.1 Å². The molecule has 46 heteroatoms. The van der Waals surface area contributed by atoms with E-state index in [0.717, 1.165) is 0 Å². The van der Waals surface area contributed by atoms with E-state index in [0.29, 0.717) is 41.3 Å². The maximum atomic E-state index is 15.2. The minimum atomic E-state index is -1.78. The molecule has 2 fully saturated rings. The summed E-state index contributed by atoms with van der Waals surface area (Å²) in [7, 11) is 0. The number of imidazole rings is 1. The third-order valence-electron chi connectivity index (χ3n) is 20.7. The second kappa shape index (κ2) is 52.5. The average Bonchev–Trinajstić information content (AvgIpc) is 1.62. The Labute approximate surface area is 732 Å². The number of nitrogens with zero attached hydrogens (tertiary/aromatic N) is 6. The van der Waals surface area contributed by atoms with Crippen LogP contribution in [0.1, 0.15) is 88.5 Å². The lowest BCUT2D eigenvalue weighted by Crippen LogP contribution is -2.61. The number of H-pyrrole nitrogens is 2. The molecule has 124 heavy (non-hydrogen) atoms. The van der Waals surface area contributed by atoms with Crippen molar-refractivity contribution >= 4 is 150 Å².